The molecule has 0 saturated carbocycles. The topological polar surface area (TPSA) is 55.6 Å². The van der Waals surface area contributed by atoms with Crippen LogP contribution in [0.2, 0.25) is 0 Å². The molecule has 1 aliphatic rings. The Kier molecular flexibility index (Phi) is 5.44. The minimum atomic E-state index is 0. The highest BCUT2D eigenvalue weighted by molar-refractivity contribution is 5.97. The Bertz CT molecular complexity index is 412. The van der Waals surface area contributed by atoms with Crippen molar-refractivity contribution in [2.45, 2.75) is 6.42 Å². The molecular weight excluding hydrogens is 252 g/mol. The lowest BCUT2D eigenvalue weighted by Crippen LogP contribution is -2.30. The van der Waals surface area contributed by atoms with E-state index < -0.39 is 0 Å². The van der Waals surface area contributed by atoms with Crippen LogP contribution in [0.1, 0.15) is 16.8 Å². The van der Waals surface area contributed by atoms with Crippen molar-refractivity contribution < 1.29 is 9.53 Å². The SMILES string of the molecule is COc1ccccc1C(=O)N1CCC(CN)C1.Cl. The van der Waals surface area contributed by atoms with E-state index in [9.17, 15) is 4.79 Å². The molecule has 18 heavy (non-hydrogen) atoms. The average Bonchev–Trinajstić information content (AvgIpc) is 2.86. The standard InChI is InChI=1S/C13H18N2O2.ClH/c1-17-12-5-3-2-4-11(12)13(16)15-7-6-10(8-14)9-15;/h2-5,10H,6-9,14H2,1H3;1H. The number of carbonyl (C=O) groups is 1. The molecule has 4 nitrogen and oxygen atoms in total. The van der Waals surface area contributed by atoms with Crippen molar-refractivity contribution in [3.63, 3.8) is 0 Å². The molecule has 1 fully saturated rings. The second kappa shape index (κ2) is 6.61. The Morgan fingerprint density at radius 3 is 2.83 bits per heavy atom. The third kappa shape index (κ3) is 2.94. The molecule has 1 amide bonds. The zero-order valence-electron chi connectivity index (χ0n) is 10.5. The van der Waals surface area contributed by atoms with Crippen molar-refractivity contribution in [1.29, 1.82) is 0 Å². The Morgan fingerprint density at radius 2 is 2.22 bits per heavy atom. The molecule has 0 spiro atoms. The maximum atomic E-state index is 12.3. The number of amides is 1. The number of rotatable bonds is 3. The molecule has 100 valence electrons. The monoisotopic (exact) mass is 270 g/mol. The van der Waals surface area contributed by atoms with Crippen LogP contribution in [0.15, 0.2) is 24.3 Å². The van der Waals surface area contributed by atoms with Gasteiger partial charge in [0.2, 0.25) is 0 Å². The Labute approximate surface area is 114 Å². The highest BCUT2D eigenvalue weighted by Gasteiger charge is 2.27. The van der Waals surface area contributed by atoms with Crippen LogP contribution in [0.5, 0.6) is 5.75 Å². The fraction of sp³-hybridized carbons (Fsp3) is 0.462. The van der Waals surface area contributed by atoms with E-state index >= 15 is 0 Å². The van der Waals surface area contributed by atoms with Gasteiger partial charge in [0.05, 0.1) is 12.7 Å². The minimum Gasteiger partial charge on any atom is -0.496 e. The molecule has 1 aliphatic heterocycles. The van der Waals surface area contributed by atoms with Crippen LogP contribution in [0, 0.1) is 5.92 Å². The van der Waals surface area contributed by atoms with Crippen molar-refractivity contribution in [3.8, 4) is 5.75 Å². The molecule has 1 unspecified atom stereocenters. The van der Waals surface area contributed by atoms with Gasteiger partial charge in [-0.05, 0) is 31.0 Å². The molecular formula is C13H19ClN2O2. The van der Waals surface area contributed by atoms with E-state index in [2.05, 4.69) is 0 Å². The van der Waals surface area contributed by atoms with Crippen LogP contribution in [-0.4, -0.2) is 37.6 Å². The van der Waals surface area contributed by atoms with Crippen molar-refractivity contribution in [2.75, 3.05) is 26.7 Å². The molecule has 1 aromatic carbocycles. The number of nitrogens with zero attached hydrogens (tertiary/aromatic N) is 1. The maximum absolute atomic E-state index is 12.3. The third-order valence-corrected chi connectivity index (χ3v) is 3.24. The Hall–Kier alpha value is -1.26. The van der Waals surface area contributed by atoms with Crippen LogP contribution in [0.3, 0.4) is 0 Å². The molecule has 2 N–H and O–H groups in total. The average molecular weight is 271 g/mol. The van der Waals surface area contributed by atoms with Gasteiger partial charge in [-0.1, -0.05) is 12.1 Å². The number of para-hydroxylation sites is 1. The van der Waals surface area contributed by atoms with Gasteiger partial charge in [0, 0.05) is 13.1 Å². The van der Waals surface area contributed by atoms with Gasteiger partial charge in [-0.2, -0.15) is 0 Å². The van der Waals surface area contributed by atoms with E-state index in [1.54, 1.807) is 13.2 Å². The summed E-state index contributed by atoms with van der Waals surface area (Å²) in [6.45, 7) is 2.20. The van der Waals surface area contributed by atoms with E-state index in [1.165, 1.54) is 0 Å². The summed E-state index contributed by atoms with van der Waals surface area (Å²) in [7, 11) is 1.58. The van der Waals surface area contributed by atoms with Gasteiger partial charge in [-0.15, -0.1) is 12.4 Å². The van der Waals surface area contributed by atoms with Crippen LogP contribution < -0.4 is 10.5 Å². The molecule has 0 radical (unpaired) electrons. The summed E-state index contributed by atoms with van der Waals surface area (Å²) in [5.41, 5.74) is 6.26. The normalized spacial score (nSPS) is 18.3. The first-order valence-corrected chi connectivity index (χ1v) is 5.88. The van der Waals surface area contributed by atoms with Gasteiger partial charge in [-0.25, -0.2) is 0 Å². The van der Waals surface area contributed by atoms with Crippen LogP contribution in [-0.2, 0) is 0 Å². The lowest BCUT2D eigenvalue weighted by atomic mass is 10.1. The van der Waals surface area contributed by atoms with Crippen LogP contribution in [0.4, 0.5) is 0 Å². The summed E-state index contributed by atoms with van der Waals surface area (Å²) in [4.78, 5) is 14.1. The largest absolute Gasteiger partial charge is 0.496 e. The first-order chi connectivity index (χ1) is 8.26. The molecule has 1 aromatic rings. The quantitative estimate of drug-likeness (QED) is 0.906. The summed E-state index contributed by atoms with van der Waals surface area (Å²) in [5.74, 6) is 1.11. The van der Waals surface area contributed by atoms with Crippen LogP contribution >= 0.6 is 12.4 Å². The molecule has 0 aromatic heterocycles. The maximum Gasteiger partial charge on any atom is 0.257 e. The summed E-state index contributed by atoms with van der Waals surface area (Å²) < 4.78 is 5.21. The number of ether oxygens (including phenoxy) is 1. The lowest BCUT2D eigenvalue weighted by Gasteiger charge is -2.17. The lowest BCUT2D eigenvalue weighted by molar-refractivity contribution is 0.0784. The summed E-state index contributed by atoms with van der Waals surface area (Å²) in [6, 6.07) is 7.33. The van der Waals surface area contributed by atoms with E-state index in [0.29, 0.717) is 23.8 Å². The predicted octanol–water partition coefficient (Wildman–Crippen LogP) is 1.54. The van der Waals surface area contributed by atoms with Gasteiger partial charge in [-0.3, -0.25) is 4.79 Å². The van der Waals surface area contributed by atoms with Gasteiger partial charge < -0.3 is 15.4 Å². The minimum absolute atomic E-state index is 0. The Morgan fingerprint density at radius 1 is 1.50 bits per heavy atom. The first-order valence-electron chi connectivity index (χ1n) is 5.88. The molecule has 1 saturated heterocycles. The zero-order valence-corrected chi connectivity index (χ0v) is 11.3. The first kappa shape index (κ1) is 14.8. The summed E-state index contributed by atoms with van der Waals surface area (Å²) in [5, 5.41) is 0. The van der Waals surface area contributed by atoms with E-state index in [4.69, 9.17) is 10.5 Å². The number of benzene rings is 1. The summed E-state index contributed by atoms with van der Waals surface area (Å²) >= 11 is 0. The smallest absolute Gasteiger partial charge is 0.257 e. The fourth-order valence-corrected chi connectivity index (χ4v) is 2.20. The molecule has 0 bridgehead atoms. The fourth-order valence-electron chi connectivity index (χ4n) is 2.20. The van der Waals surface area contributed by atoms with Crippen molar-refractivity contribution >= 4 is 18.3 Å². The van der Waals surface area contributed by atoms with Gasteiger partial charge in [0.25, 0.3) is 5.91 Å². The van der Waals surface area contributed by atoms with Gasteiger partial charge in [0.15, 0.2) is 0 Å². The number of likely N-dealkylation sites (tertiary alicyclic amines) is 1. The third-order valence-electron chi connectivity index (χ3n) is 3.24. The van der Waals surface area contributed by atoms with E-state index in [1.807, 2.05) is 23.1 Å². The molecule has 1 atom stereocenters. The molecule has 0 aliphatic carbocycles. The molecule has 2 rings (SSSR count). The van der Waals surface area contributed by atoms with E-state index in [0.717, 1.165) is 19.5 Å². The number of nitrogens with two attached hydrogens (primary N) is 1. The molecule has 1 heterocycles. The van der Waals surface area contributed by atoms with Crippen LogP contribution in [0.25, 0.3) is 0 Å². The zero-order chi connectivity index (χ0) is 12.3. The van der Waals surface area contributed by atoms with Crippen molar-refractivity contribution in [1.82, 2.24) is 4.90 Å². The summed E-state index contributed by atoms with van der Waals surface area (Å²) in [6.07, 6.45) is 0.997. The van der Waals surface area contributed by atoms with Gasteiger partial charge >= 0.3 is 0 Å². The number of hydrogen-bond acceptors (Lipinski definition) is 3. The number of halogens is 1. The number of carbonyl (C=O) groups excluding carboxylic acids is 1. The molecule has 5 heteroatoms. The number of methoxy groups -OCH3 is 1. The van der Waals surface area contributed by atoms with Crippen molar-refractivity contribution in [2.24, 2.45) is 11.7 Å². The second-order valence-corrected chi connectivity index (χ2v) is 4.34. The second-order valence-electron chi connectivity index (χ2n) is 4.34. The number of hydrogen-bond donors (Lipinski definition) is 1. The van der Waals surface area contributed by atoms with E-state index in [-0.39, 0.29) is 18.3 Å². The highest BCUT2D eigenvalue weighted by atomic mass is 35.5. The van der Waals surface area contributed by atoms with Crippen molar-refractivity contribution in [3.05, 3.63) is 29.8 Å². The Balaban J connectivity index is 0.00000162. The van der Waals surface area contributed by atoms with Gasteiger partial charge in [0.1, 0.15) is 5.75 Å². The predicted molar refractivity (Wildman–Crippen MR) is 73.3 cm³/mol. The highest BCUT2D eigenvalue weighted by Crippen LogP contribution is 2.23.